The summed E-state index contributed by atoms with van der Waals surface area (Å²) in [4.78, 5) is 12.2. The Morgan fingerprint density at radius 3 is 3.00 bits per heavy atom. The van der Waals surface area contributed by atoms with Gasteiger partial charge in [-0.15, -0.1) is 16.9 Å². The molecular weight excluding hydrogens is 300 g/mol. The molecular formula is C11H13ClN6OS. The number of nitrogens with one attached hydrogen (secondary N) is 1. The highest BCUT2D eigenvalue weighted by molar-refractivity contribution is 7.99. The van der Waals surface area contributed by atoms with Crippen LogP contribution in [0.3, 0.4) is 0 Å². The average Bonchev–Trinajstić information content (AvgIpc) is 2.89. The maximum absolute atomic E-state index is 11.2. The Bertz CT molecular complexity index is 617. The summed E-state index contributed by atoms with van der Waals surface area (Å²) in [6.45, 7) is 0.593. The summed E-state index contributed by atoms with van der Waals surface area (Å²) in [6.07, 6.45) is 1.54. The van der Waals surface area contributed by atoms with Gasteiger partial charge in [-0.25, -0.2) is 5.84 Å². The van der Waals surface area contributed by atoms with Gasteiger partial charge in [0.25, 0.3) is 5.91 Å². The highest BCUT2D eigenvalue weighted by Crippen LogP contribution is 2.28. The smallest absolute Gasteiger partial charge is 0.287 e. The number of thioether (sulfide) groups is 1. The maximum atomic E-state index is 11.2. The summed E-state index contributed by atoms with van der Waals surface area (Å²) in [6, 6.07) is 5.38. The van der Waals surface area contributed by atoms with Crippen molar-refractivity contribution in [3.63, 3.8) is 0 Å². The van der Waals surface area contributed by atoms with Crippen LogP contribution < -0.4 is 17.0 Å². The third-order valence-corrected chi connectivity index (χ3v) is 3.91. The molecule has 0 aliphatic rings. The lowest BCUT2D eigenvalue weighted by atomic mass is 10.3. The molecule has 0 spiro atoms. The van der Waals surface area contributed by atoms with E-state index >= 15 is 0 Å². The molecule has 5 N–H and O–H groups in total. The number of hydrazine groups is 1. The molecule has 20 heavy (non-hydrogen) atoms. The van der Waals surface area contributed by atoms with Crippen LogP contribution in [0.25, 0.3) is 0 Å². The second-order valence-corrected chi connectivity index (χ2v) is 5.42. The van der Waals surface area contributed by atoms with Crippen molar-refractivity contribution in [3.8, 4) is 0 Å². The second-order valence-electron chi connectivity index (χ2n) is 3.88. The largest absolute Gasteiger partial charge is 0.399 e. The number of anilines is 1. The second kappa shape index (κ2) is 6.60. The Hall–Kier alpha value is -1.77. The summed E-state index contributed by atoms with van der Waals surface area (Å²) in [5, 5.41) is 8.17. The molecule has 106 valence electrons. The number of nitrogens with zero attached hydrogens (tertiary/aromatic N) is 3. The van der Waals surface area contributed by atoms with Gasteiger partial charge >= 0.3 is 0 Å². The number of hydrogen-bond donors (Lipinski definition) is 3. The topological polar surface area (TPSA) is 112 Å². The van der Waals surface area contributed by atoms with Crippen molar-refractivity contribution < 1.29 is 4.79 Å². The predicted molar refractivity (Wildman–Crippen MR) is 78.3 cm³/mol. The first-order valence-electron chi connectivity index (χ1n) is 5.69. The summed E-state index contributed by atoms with van der Waals surface area (Å²) < 4.78 is 1.57. The summed E-state index contributed by atoms with van der Waals surface area (Å²) in [7, 11) is 0. The number of nitrogens with two attached hydrogens (primary N) is 2. The quantitative estimate of drug-likeness (QED) is 0.249. The highest BCUT2D eigenvalue weighted by atomic mass is 35.5. The number of rotatable bonds is 5. The maximum Gasteiger partial charge on any atom is 0.287 e. The van der Waals surface area contributed by atoms with E-state index in [4.69, 9.17) is 23.2 Å². The Balaban J connectivity index is 1.89. The van der Waals surface area contributed by atoms with Gasteiger partial charge in [0.05, 0.1) is 17.8 Å². The van der Waals surface area contributed by atoms with E-state index in [-0.39, 0.29) is 5.69 Å². The van der Waals surface area contributed by atoms with Crippen LogP contribution in [0.5, 0.6) is 0 Å². The molecule has 1 aromatic carbocycles. The van der Waals surface area contributed by atoms with Crippen molar-refractivity contribution in [1.82, 2.24) is 20.4 Å². The van der Waals surface area contributed by atoms with Crippen molar-refractivity contribution in [2.24, 2.45) is 5.84 Å². The number of amides is 1. The van der Waals surface area contributed by atoms with Gasteiger partial charge < -0.3 is 5.73 Å². The van der Waals surface area contributed by atoms with Crippen LogP contribution in [0.15, 0.2) is 29.3 Å². The minimum Gasteiger partial charge on any atom is -0.399 e. The Morgan fingerprint density at radius 2 is 2.30 bits per heavy atom. The van der Waals surface area contributed by atoms with E-state index in [1.165, 1.54) is 6.20 Å². The lowest BCUT2D eigenvalue weighted by molar-refractivity contribution is 0.0948. The van der Waals surface area contributed by atoms with Crippen LogP contribution in [0.1, 0.15) is 10.5 Å². The molecule has 0 aliphatic heterocycles. The zero-order valence-corrected chi connectivity index (χ0v) is 12.0. The van der Waals surface area contributed by atoms with Crippen molar-refractivity contribution in [1.29, 1.82) is 0 Å². The zero-order valence-electron chi connectivity index (χ0n) is 10.4. The fourth-order valence-electron chi connectivity index (χ4n) is 1.47. The van der Waals surface area contributed by atoms with Crippen molar-refractivity contribution >= 4 is 35.0 Å². The molecule has 0 fully saturated rings. The van der Waals surface area contributed by atoms with E-state index in [0.717, 1.165) is 10.6 Å². The lowest BCUT2D eigenvalue weighted by Gasteiger charge is -2.04. The lowest BCUT2D eigenvalue weighted by Crippen LogP contribution is -2.30. The molecule has 0 radical (unpaired) electrons. The monoisotopic (exact) mass is 312 g/mol. The van der Waals surface area contributed by atoms with Crippen LogP contribution >= 0.6 is 23.4 Å². The van der Waals surface area contributed by atoms with Crippen LogP contribution in [-0.4, -0.2) is 26.7 Å². The van der Waals surface area contributed by atoms with Gasteiger partial charge in [0.2, 0.25) is 0 Å². The molecule has 1 aromatic heterocycles. The standard InChI is InChI=1S/C11H13ClN6OS/c12-8-5-7(13)1-2-10(8)20-4-3-18-6-9(16-17-18)11(19)15-14/h1-2,5-6H,3-4,13-14H2,(H,15,19). The number of halogens is 1. The number of carbonyl (C=O) groups excluding carboxylic acids is 1. The molecule has 0 aliphatic carbocycles. The van der Waals surface area contributed by atoms with Gasteiger partial charge in [0.1, 0.15) is 0 Å². The number of carbonyl (C=O) groups is 1. The molecule has 0 saturated heterocycles. The first-order chi connectivity index (χ1) is 9.60. The Kier molecular flexibility index (Phi) is 4.83. The van der Waals surface area contributed by atoms with Gasteiger partial charge in [-0.1, -0.05) is 16.8 Å². The van der Waals surface area contributed by atoms with Gasteiger partial charge in [-0.3, -0.25) is 14.9 Å². The number of hydrogen-bond acceptors (Lipinski definition) is 6. The number of aryl methyl sites for hydroxylation is 1. The predicted octanol–water partition coefficient (Wildman–Crippen LogP) is 0.909. The van der Waals surface area contributed by atoms with Gasteiger partial charge in [-0.2, -0.15) is 0 Å². The Morgan fingerprint density at radius 1 is 1.50 bits per heavy atom. The number of aromatic nitrogens is 3. The minimum atomic E-state index is -0.467. The van der Waals surface area contributed by atoms with Crippen LogP contribution in [0, 0.1) is 0 Å². The van der Waals surface area contributed by atoms with Gasteiger partial charge in [0, 0.05) is 16.3 Å². The molecule has 0 unspecified atom stereocenters. The SMILES string of the molecule is NNC(=O)c1cn(CCSc2ccc(N)cc2Cl)nn1. The van der Waals surface area contributed by atoms with Crippen LogP contribution in [0.4, 0.5) is 5.69 Å². The van der Waals surface area contributed by atoms with Crippen molar-refractivity contribution in [2.75, 3.05) is 11.5 Å². The molecule has 7 nitrogen and oxygen atoms in total. The fourth-order valence-corrected chi connectivity index (χ4v) is 2.68. The van der Waals surface area contributed by atoms with Crippen LogP contribution in [-0.2, 0) is 6.54 Å². The first kappa shape index (κ1) is 14.6. The molecule has 2 aromatic rings. The molecule has 1 amide bonds. The highest BCUT2D eigenvalue weighted by Gasteiger charge is 2.09. The number of benzene rings is 1. The van der Waals surface area contributed by atoms with E-state index < -0.39 is 5.91 Å². The Labute approximate surface area is 124 Å². The minimum absolute atomic E-state index is 0.183. The molecule has 0 bridgehead atoms. The van der Waals surface area contributed by atoms with E-state index in [0.29, 0.717) is 17.3 Å². The molecule has 2 rings (SSSR count). The van der Waals surface area contributed by atoms with Crippen molar-refractivity contribution in [3.05, 3.63) is 35.1 Å². The molecule has 0 saturated carbocycles. The summed E-state index contributed by atoms with van der Waals surface area (Å²) in [5.41, 5.74) is 8.44. The molecule has 1 heterocycles. The zero-order chi connectivity index (χ0) is 14.5. The summed E-state index contributed by atoms with van der Waals surface area (Å²) >= 11 is 7.65. The molecule has 0 atom stereocenters. The normalized spacial score (nSPS) is 10.5. The third kappa shape index (κ3) is 3.62. The summed E-state index contributed by atoms with van der Waals surface area (Å²) in [5.74, 6) is 5.28. The molecule has 9 heteroatoms. The van der Waals surface area contributed by atoms with Crippen molar-refractivity contribution in [2.45, 2.75) is 11.4 Å². The van der Waals surface area contributed by atoms with E-state index in [1.54, 1.807) is 28.6 Å². The fraction of sp³-hybridized carbons (Fsp3) is 0.182. The van der Waals surface area contributed by atoms with Gasteiger partial charge in [0.15, 0.2) is 5.69 Å². The van der Waals surface area contributed by atoms with Crippen LogP contribution in [0.2, 0.25) is 5.02 Å². The first-order valence-corrected chi connectivity index (χ1v) is 7.05. The van der Waals surface area contributed by atoms with E-state index in [1.807, 2.05) is 11.5 Å². The number of nitrogen functional groups attached to an aromatic ring is 2. The average molecular weight is 313 g/mol. The third-order valence-electron chi connectivity index (χ3n) is 2.44. The van der Waals surface area contributed by atoms with E-state index in [2.05, 4.69) is 10.3 Å². The van der Waals surface area contributed by atoms with Gasteiger partial charge in [-0.05, 0) is 18.2 Å². The van der Waals surface area contributed by atoms with E-state index in [9.17, 15) is 4.79 Å².